The van der Waals surface area contributed by atoms with Crippen LogP contribution in [0.4, 0.5) is 11.4 Å². The summed E-state index contributed by atoms with van der Waals surface area (Å²) < 4.78 is 11.5. The molecule has 0 bridgehead atoms. The van der Waals surface area contributed by atoms with Crippen molar-refractivity contribution in [1.82, 2.24) is 0 Å². The summed E-state index contributed by atoms with van der Waals surface area (Å²) in [6.07, 6.45) is 0.235. The number of nitro groups is 1. The summed E-state index contributed by atoms with van der Waals surface area (Å²) in [6.45, 7) is 5.51. The van der Waals surface area contributed by atoms with Crippen molar-refractivity contribution >= 4 is 27.3 Å². The van der Waals surface area contributed by atoms with Gasteiger partial charge in [-0.05, 0) is 29.8 Å². The van der Waals surface area contributed by atoms with Crippen LogP contribution in [0.3, 0.4) is 0 Å². The third-order valence-electron chi connectivity index (χ3n) is 3.21. The summed E-state index contributed by atoms with van der Waals surface area (Å²) in [4.78, 5) is 12.7. The number of halogens is 1. The van der Waals surface area contributed by atoms with Gasteiger partial charge in [-0.3, -0.25) is 10.1 Å². The lowest BCUT2D eigenvalue weighted by Crippen LogP contribution is -2.45. The Morgan fingerprint density at radius 2 is 2.00 bits per heavy atom. The number of ether oxygens (including phenoxy) is 2. The van der Waals surface area contributed by atoms with Crippen LogP contribution < -0.4 is 9.64 Å². The van der Waals surface area contributed by atoms with E-state index in [1.54, 1.807) is 6.07 Å². The Labute approximate surface area is 125 Å². The zero-order valence-electron chi connectivity index (χ0n) is 11.6. The molecule has 1 aliphatic rings. The van der Waals surface area contributed by atoms with Crippen LogP contribution in [0.15, 0.2) is 16.6 Å². The molecule has 2 unspecified atom stereocenters. The Kier molecular flexibility index (Phi) is 4.49. The smallest absolute Gasteiger partial charge is 0.312 e. The molecule has 0 radical (unpaired) electrons. The first-order valence-corrected chi connectivity index (χ1v) is 7.14. The lowest BCUT2D eigenvalue weighted by Gasteiger charge is -2.37. The van der Waals surface area contributed by atoms with Crippen molar-refractivity contribution in [3.63, 3.8) is 0 Å². The van der Waals surface area contributed by atoms with Gasteiger partial charge in [0.2, 0.25) is 0 Å². The molecule has 20 heavy (non-hydrogen) atoms. The molecule has 0 spiro atoms. The van der Waals surface area contributed by atoms with Gasteiger partial charge in [-0.25, -0.2) is 0 Å². The quantitative estimate of drug-likeness (QED) is 0.622. The highest BCUT2D eigenvalue weighted by atomic mass is 79.9. The zero-order valence-corrected chi connectivity index (χ0v) is 13.2. The second-order valence-corrected chi connectivity index (χ2v) is 5.75. The molecule has 1 aliphatic heterocycles. The summed E-state index contributed by atoms with van der Waals surface area (Å²) in [7, 11) is 1.44. The minimum absolute atomic E-state index is 0.0440. The van der Waals surface area contributed by atoms with Gasteiger partial charge in [0.15, 0.2) is 5.75 Å². The van der Waals surface area contributed by atoms with E-state index in [4.69, 9.17) is 9.47 Å². The molecule has 7 heteroatoms. The Morgan fingerprint density at radius 1 is 1.40 bits per heavy atom. The van der Waals surface area contributed by atoms with Crippen LogP contribution in [0.2, 0.25) is 0 Å². The third-order valence-corrected chi connectivity index (χ3v) is 3.84. The van der Waals surface area contributed by atoms with Crippen molar-refractivity contribution < 1.29 is 14.4 Å². The SMILES string of the molecule is COc1cc(N2CC(C)OC(C)C2)c(Br)cc1[N+](=O)[O-]. The number of morpholine rings is 1. The number of anilines is 1. The minimum Gasteiger partial charge on any atom is -0.490 e. The van der Waals surface area contributed by atoms with Crippen molar-refractivity contribution in [2.24, 2.45) is 0 Å². The van der Waals surface area contributed by atoms with Gasteiger partial charge < -0.3 is 14.4 Å². The fraction of sp³-hybridized carbons (Fsp3) is 0.538. The zero-order chi connectivity index (χ0) is 14.9. The molecule has 1 fully saturated rings. The average Bonchev–Trinajstić information content (AvgIpc) is 2.37. The molecular formula is C13H17BrN2O4. The fourth-order valence-electron chi connectivity index (χ4n) is 2.46. The Balaban J connectivity index is 2.39. The molecule has 1 aromatic carbocycles. The molecule has 0 aliphatic carbocycles. The van der Waals surface area contributed by atoms with Crippen molar-refractivity contribution in [1.29, 1.82) is 0 Å². The molecule has 0 amide bonds. The van der Waals surface area contributed by atoms with Crippen molar-refractivity contribution in [2.75, 3.05) is 25.1 Å². The summed E-state index contributed by atoms with van der Waals surface area (Å²) in [5.41, 5.74) is 0.840. The van der Waals surface area contributed by atoms with Gasteiger partial charge in [0.25, 0.3) is 0 Å². The fourth-order valence-corrected chi connectivity index (χ4v) is 3.04. The van der Waals surface area contributed by atoms with Crippen LogP contribution in [-0.4, -0.2) is 37.3 Å². The number of hydrogen-bond donors (Lipinski definition) is 0. The van der Waals surface area contributed by atoms with Gasteiger partial charge in [-0.1, -0.05) is 0 Å². The number of methoxy groups -OCH3 is 1. The molecule has 0 N–H and O–H groups in total. The van der Waals surface area contributed by atoms with Crippen LogP contribution in [-0.2, 0) is 4.74 Å². The van der Waals surface area contributed by atoms with Crippen molar-refractivity contribution in [2.45, 2.75) is 26.1 Å². The van der Waals surface area contributed by atoms with E-state index in [0.29, 0.717) is 4.47 Å². The molecule has 0 aromatic heterocycles. The number of benzene rings is 1. The van der Waals surface area contributed by atoms with Crippen LogP contribution in [0.1, 0.15) is 13.8 Å². The lowest BCUT2D eigenvalue weighted by atomic mass is 10.2. The Hall–Kier alpha value is -1.34. The van der Waals surface area contributed by atoms with Crippen LogP contribution >= 0.6 is 15.9 Å². The van der Waals surface area contributed by atoms with Gasteiger partial charge in [0.05, 0.1) is 29.9 Å². The number of nitro benzene ring substituents is 1. The average molecular weight is 345 g/mol. The maximum Gasteiger partial charge on any atom is 0.312 e. The summed E-state index contributed by atoms with van der Waals surface area (Å²) in [5, 5.41) is 11.0. The largest absolute Gasteiger partial charge is 0.490 e. The molecule has 6 nitrogen and oxygen atoms in total. The topological polar surface area (TPSA) is 64.8 Å². The maximum absolute atomic E-state index is 11.0. The van der Waals surface area contributed by atoms with Crippen molar-refractivity contribution in [3.05, 3.63) is 26.7 Å². The van der Waals surface area contributed by atoms with Gasteiger partial charge in [0, 0.05) is 29.7 Å². The molecular weight excluding hydrogens is 328 g/mol. The molecule has 1 aromatic rings. The third kappa shape index (κ3) is 3.04. The van der Waals surface area contributed by atoms with Gasteiger partial charge in [0.1, 0.15) is 0 Å². The predicted molar refractivity (Wildman–Crippen MR) is 79.6 cm³/mol. The second kappa shape index (κ2) is 5.97. The molecule has 0 saturated carbocycles. The highest BCUT2D eigenvalue weighted by molar-refractivity contribution is 9.10. The van der Waals surface area contributed by atoms with Crippen LogP contribution in [0.5, 0.6) is 5.75 Å². The monoisotopic (exact) mass is 344 g/mol. The van der Waals surface area contributed by atoms with E-state index >= 15 is 0 Å². The van der Waals surface area contributed by atoms with E-state index in [2.05, 4.69) is 20.8 Å². The van der Waals surface area contributed by atoms with E-state index in [-0.39, 0.29) is 23.6 Å². The van der Waals surface area contributed by atoms with Gasteiger partial charge in [-0.2, -0.15) is 0 Å². The van der Waals surface area contributed by atoms with E-state index in [1.807, 2.05) is 13.8 Å². The molecule has 2 rings (SSSR count). The molecule has 2 atom stereocenters. The minimum atomic E-state index is -0.446. The first-order valence-electron chi connectivity index (χ1n) is 6.34. The standard InChI is InChI=1S/C13H17BrN2O4/c1-8-6-15(7-9(2)20-8)11-5-13(19-3)12(16(17)18)4-10(11)14/h4-5,8-9H,6-7H2,1-3H3. The first kappa shape index (κ1) is 15.1. The summed E-state index contributed by atoms with van der Waals surface area (Å²) in [6, 6.07) is 3.19. The maximum atomic E-state index is 11.0. The van der Waals surface area contributed by atoms with Gasteiger partial charge in [-0.15, -0.1) is 0 Å². The molecule has 1 heterocycles. The van der Waals surface area contributed by atoms with E-state index in [1.165, 1.54) is 13.2 Å². The van der Waals surface area contributed by atoms with Crippen LogP contribution in [0, 0.1) is 10.1 Å². The highest BCUT2D eigenvalue weighted by Gasteiger charge is 2.26. The first-order chi connectivity index (χ1) is 9.42. The lowest BCUT2D eigenvalue weighted by molar-refractivity contribution is -0.385. The number of hydrogen-bond acceptors (Lipinski definition) is 5. The molecule has 1 saturated heterocycles. The second-order valence-electron chi connectivity index (χ2n) is 4.89. The molecule has 110 valence electrons. The normalized spacial score (nSPS) is 22.7. The summed E-state index contributed by atoms with van der Waals surface area (Å²) in [5.74, 6) is 0.264. The predicted octanol–water partition coefficient (Wildman–Crippen LogP) is 2.98. The van der Waals surface area contributed by atoms with E-state index in [0.717, 1.165) is 18.8 Å². The van der Waals surface area contributed by atoms with E-state index < -0.39 is 4.92 Å². The van der Waals surface area contributed by atoms with Gasteiger partial charge >= 0.3 is 5.69 Å². The number of nitrogens with zero attached hydrogens (tertiary/aromatic N) is 2. The Bertz CT molecular complexity index is 513. The number of rotatable bonds is 3. The van der Waals surface area contributed by atoms with Crippen molar-refractivity contribution in [3.8, 4) is 5.75 Å². The summed E-state index contributed by atoms with van der Waals surface area (Å²) >= 11 is 3.41. The highest BCUT2D eigenvalue weighted by Crippen LogP contribution is 2.38. The van der Waals surface area contributed by atoms with E-state index in [9.17, 15) is 10.1 Å². The van der Waals surface area contributed by atoms with Crippen LogP contribution in [0.25, 0.3) is 0 Å². The Morgan fingerprint density at radius 3 is 2.50 bits per heavy atom.